The second kappa shape index (κ2) is 3.05. The lowest BCUT2D eigenvalue weighted by Gasteiger charge is -2.37. The van der Waals surface area contributed by atoms with E-state index in [9.17, 15) is 4.79 Å². The van der Waals surface area contributed by atoms with Gasteiger partial charge in [-0.1, -0.05) is 0 Å². The van der Waals surface area contributed by atoms with Crippen molar-refractivity contribution in [3.63, 3.8) is 0 Å². The molecule has 3 nitrogen and oxygen atoms in total. The van der Waals surface area contributed by atoms with E-state index in [-0.39, 0.29) is 11.9 Å². The summed E-state index contributed by atoms with van der Waals surface area (Å²) in [5, 5.41) is 3.30. The highest BCUT2D eigenvalue weighted by atomic mass is 16.5. The minimum Gasteiger partial charge on any atom is -0.466 e. The lowest BCUT2D eigenvalue weighted by molar-refractivity contribution is -0.155. The van der Waals surface area contributed by atoms with E-state index in [1.165, 1.54) is 0 Å². The number of hydrogen-bond acceptors (Lipinski definition) is 3. The molecule has 0 bridgehead atoms. The van der Waals surface area contributed by atoms with Crippen LogP contribution < -0.4 is 5.32 Å². The molecule has 2 aliphatic rings. The van der Waals surface area contributed by atoms with Crippen LogP contribution in [0, 0.1) is 17.8 Å². The largest absolute Gasteiger partial charge is 0.466 e. The predicted molar refractivity (Wildman–Crippen MR) is 44.6 cm³/mol. The Morgan fingerprint density at radius 1 is 1.58 bits per heavy atom. The van der Waals surface area contributed by atoms with E-state index < -0.39 is 0 Å². The van der Waals surface area contributed by atoms with Gasteiger partial charge in [0.2, 0.25) is 0 Å². The maximum absolute atomic E-state index is 11.3. The molecule has 0 radical (unpaired) electrons. The molecule has 0 aromatic rings. The van der Waals surface area contributed by atoms with Crippen LogP contribution >= 0.6 is 0 Å². The Balaban J connectivity index is 1.87. The normalized spacial score (nSPS) is 38.6. The molecule has 0 aromatic heterocycles. The third-order valence-corrected chi connectivity index (χ3v) is 3.05. The van der Waals surface area contributed by atoms with Crippen molar-refractivity contribution in [3.8, 4) is 0 Å². The maximum atomic E-state index is 11.3. The van der Waals surface area contributed by atoms with Crippen molar-refractivity contribution >= 4 is 5.97 Å². The Morgan fingerprint density at radius 3 is 3.08 bits per heavy atom. The number of esters is 1. The third-order valence-electron chi connectivity index (χ3n) is 3.05. The Morgan fingerprint density at radius 2 is 2.42 bits per heavy atom. The molecule has 0 amide bonds. The van der Waals surface area contributed by atoms with Gasteiger partial charge in [-0.15, -0.1) is 0 Å². The summed E-state index contributed by atoms with van der Waals surface area (Å²) in [7, 11) is 0. The van der Waals surface area contributed by atoms with Gasteiger partial charge in [-0.05, 0) is 38.3 Å². The molecule has 12 heavy (non-hydrogen) atoms. The van der Waals surface area contributed by atoms with Crippen molar-refractivity contribution in [3.05, 3.63) is 0 Å². The second-order valence-electron chi connectivity index (χ2n) is 3.68. The first kappa shape index (κ1) is 8.05. The van der Waals surface area contributed by atoms with Crippen LogP contribution in [-0.2, 0) is 9.53 Å². The first-order valence-corrected chi connectivity index (χ1v) is 4.70. The van der Waals surface area contributed by atoms with Gasteiger partial charge in [0, 0.05) is 0 Å². The molecule has 0 spiro atoms. The summed E-state index contributed by atoms with van der Waals surface area (Å²) < 4.78 is 4.99. The van der Waals surface area contributed by atoms with Gasteiger partial charge in [-0.25, -0.2) is 0 Å². The van der Waals surface area contributed by atoms with Crippen LogP contribution in [0.4, 0.5) is 0 Å². The first-order chi connectivity index (χ1) is 5.83. The molecule has 2 rings (SSSR count). The number of carbonyl (C=O) groups is 1. The van der Waals surface area contributed by atoms with Gasteiger partial charge in [-0.2, -0.15) is 0 Å². The molecule has 1 heterocycles. The van der Waals surface area contributed by atoms with Crippen LogP contribution in [0.1, 0.15) is 13.3 Å². The minimum atomic E-state index is 0.0162. The van der Waals surface area contributed by atoms with E-state index in [1.807, 2.05) is 6.92 Å². The van der Waals surface area contributed by atoms with E-state index in [0.717, 1.165) is 25.4 Å². The molecule has 3 atom stereocenters. The molecule has 0 unspecified atom stereocenters. The van der Waals surface area contributed by atoms with Crippen molar-refractivity contribution in [1.29, 1.82) is 0 Å². The Hall–Kier alpha value is -0.570. The summed E-state index contributed by atoms with van der Waals surface area (Å²) in [5.41, 5.74) is 0. The fourth-order valence-electron chi connectivity index (χ4n) is 2.31. The number of ether oxygens (including phenoxy) is 1. The van der Waals surface area contributed by atoms with E-state index in [2.05, 4.69) is 5.32 Å². The van der Waals surface area contributed by atoms with Crippen LogP contribution in [0.15, 0.2) is 0 Å². The van der Waals surface area contributed by atoms with Gasteiger partial charge in [0.15, 0.2) is 0 Å². The SMILES string of the molecule is CCOC(=O)[C@@H]1C[C@H]2CNC[C@H]21. The van der Waals surface area contributed by atoms with E-state index in [1.54, 1.807) is 0 Å². The Bertz CT molecular complexity index is 193. The fraction of sp³-hybridized carbons (Fsp3) is 0.889. The van der Waals surface area contributed by atoms with Crippen LogP contribution in [0.2, 0.25) is 0 Å². The standard InChI is InChI=1S/C9H15NO2/c1-2-12-9(11)7-3-6-4-10-5-8(6)7/h6-8,10H,2-5H2,1H3/t6-,7+,8+/m0/s1. The smallest absolute Gasteiger partial charge is 0.309 e. The molecular weight excluding hydrogens is 154 g/mol. The van der Waals surface area contributed by atoms with Crippen molar-refractivity contribution in [2.24, 2.45) is 17.8 Å². The topological polar surface area (TPSA) is 38.3 Å². The van der Waals surface area contributed by atoms with E-state index >= 15 is 0 Å². The Labute approximate surface area is 72.5 Å². The van der Waals surface area contributed by atoms with Crippen molar-refractivity contribution < 1.29 is 9.53 Å². The summed E-state index contributed by atoms with van der Waals surface area (Å²) in [6.07, 6.45) is 1.04. The van der Waals surface area contributed by atoms with Gasteiger partial charge in [0.05, 0.1) is 12.5 Å². The highest BCUT2D eigenvalue weighted by Crippen LogP contribution is 2.43. The summed E-state index contributed by atoms with van der Waals surface area (Å²) in [6, 6.07) is 0. The van der Waals surface area contributed by atoms with Gasteiger partial charge < -0.3 is 10.1 Å². The zero-order valence-corrected chi connectivity index (χ0v) is 7.38. The third kappa shape index (κ3) is 1.12. The van der Waals surface area contributed by atoms with Gasteiger partial charge >= 0.3 is 5.97 Å². The quantitative estimate of drug-likeness (QED) is 0.608. The Kier molecular flexibility index (Phi) is 2.05. The highest BCUT2D eigenvalue weighted by molar-refractivity contribution is 5.74. The maximum Gasteiger partial charge on any atom is 0.309 e. The van der Waals surface area contributed by atoms with Crippen molar-refractivity contribution in [2.75, 3.05) is 19.7 Å². The summed E-state index contributed by atoms with van der Waals surface area (Å²) >= 11 is 0. The zero-order chi connectivity index (χ0) is 8.55. The van der Waals surface area contributed by atoms with Gasteiger partial charge in [0.1, 0.15) is 0 Å². The van der Waals surface area contributed by atoms with E-state index in [0.29, 0.717) is 12.5 Å². The number of hydrogen-bond donors (Lipinski definition) is 1. The van der Waals surface area contributed by atoms with Crippen LogP contribution in [0.5, 0.6) is 0 Å². The molecular formula is C9H15NO2. The average Bonchev–Trinajstić information content (AvgIpc) is 2.33. The van der Waals surface area contributed by atoms with Crippen molar-refractivity contribution in [1.82, 2.24) is 5.32 Å². The summed E-state index contributed by atoms with van der Waals surface area (Å²) in [6.45, 7) is 4.48. The molecule has 1 N–H and O–H groups in total. The van der Waals surface area contributed by atoms with Crippen LogP contribution in [0.25, 0.3) is 0 Å². The highest BCUT2D eigenvalue weighted by Gasteiger charge is 2.48. The minimum absolute atomic E-state index is 0.0162. The monoisotopic (exact) mass is 169 g/mol. The van der Waals surface area contributed by atoms with Gasteiger partial charge in [-0.3, -0.25) is 4.79 Å². The summed E-state index contributed by atoms with van der Waals surface area (Å²) in [5.74, 6) is 1.54. The van der Waals surface area contributed by atoms with Crippen LogP contribution in [0.3, 0.4) is 0 Å². The molecule has 3 heteroatoms. The number of rotatable bonds is 2. The lowest BCUT2D eigenvalue weighted by Crippen LogP contribution is -2.41. The average molecular weight is 169 g/mol. The van der Waals surface area contributed by atoms with Crippen molar-refractivity contribution in [2.45, 2.75) is 13.3 Å². The number of carbonyl (C=O) groups excluding carboxylic acids is 1. The zero-order valence-electron chi connectivity index (χ0n) is 7.38. The molecule has 1 aliphatic heterocycles. The molecule has 2 fully saturated rings. The molecule has 1 saturated carbocycles. The first-order valence-electron chi connectivity index (χ1n) is 4.70. The van der Waals surface area contributed by atoms with Crippen LogP contribution in [-0.4, -0.2) is 25.7 Å². The lowest BCUT2D eigenvalue weighted by atomic mass is 9.67. The fourth-order valence-corrected chi connectivity index (χ4v) is 2.31. The molecule has 1 saturated heterocycles. The number of nitrogens with one attached hydrogen (secondary N) is 1. The van der Waals surface area contributed by atoms with E-state index in [4.69, 9.17) is 4.74 Å². The second-order valence-corrected chi connectivity index (χ2v) is 3.68. The number of fused-ring (bicyclic) bond motifs is 1. The predicted octanol–water partition coefficient (Wildman–Crippen LogP) is 0.405. The molecule has 1 aliphatic carbocycles. The molecule has 0 aromatic carbocycles. The summed E-state index contributed by atoms with van der Waals surface area (Å²) in [4.78, 5) is 11.3. The van der Waals surface area contributed by atoms with Gasteiger partial charge in [0.25, 0.3) is 0 Å². The molecule has 68 valence electrons.